The predicted octanol–water partition coefficient (Wildman–Crippen LogP) is 1.24. The van der Waals surface area contributed by atoms with E-state index in [1.807, 2.05) is 0 Å². The van der Waals surface area contributed by atoms with Crippen molar-refractivity contribution < 1.29 is 0 Å². The molecule has 2 nitrogen and oxygen atoms in total. The minimum atomic E-state index is 0.370. The number of hydrogen-bond acceptors (Lipinski definition) is 1. The molecule has 0 aromatic heterocycles. The maximum absolute atomic E-state index is 4.57. The topological polar surface area (TPSA) is 26.1 Å². The Bertz CT molecular complexity index is 260. The van der Waals surface area contributed by atoms with E-state index in [-0.39, 0.29) is 0 Å². The van der Waals surface area contributed by atoms with Crippen LogP contribution in [0.5, 0.6) is 0 Å². The van der Waals surface area contributed by atoms with E-state index in [1.54, 1.807) is 0 Å². The first-order valence-electron chi connectivity index (χ1n) is 4.80. The minimum absolute atomic E-state index is 0.370. The minimum Gasteiger partial charge on any atom is -0.313 e. The second-order valence-corrected chi connectivity index (χ2v) is 3.54. The molecular weight excluding hydrogens is 160 g/mol. The molecule has 1 aliphatic heterocycles. The summed E-state index contributed by atoms with van der Waals surface area (Å²) < 4.78 is 0. The Morgan fingerprint density at radius 1 is 1.31 bits per heavy atom. The lowest BCUT2D eigenvalue weighted by Crippen LogP contribution is -2.38. The molecule has 0 spiro atoms. The molecule has 1 atom stereocenters. The number of nitrogens with one attached hydrogen (secondary N) is 1. The van der Waals surface area contributed by atoms with Crippen LogP contribution in [0.1, 0.15) is 17.2 Å². The van der Waals surface area contributed by atoms with Crippen LogP contribution in [-0.4, -0.2) is 19.6 Å². The maximum atomic E-state index is 4.57. The fraction of sp³-hybridized carbons (Fsp3) is 0.455. The van der Waals surface area contributed by atoms with Gasteiger partial charge < -0.3 is 5.32 Å². The van der Waals surface area contributed by atoms with Crippen molar-refractivity contribution in [2.75, 3.05) is 19.6 Å². The summed E-state index contributed by atoms with van der Waals surface area (Å²) in [4.78, 5) is 0. The van der Waals surface area contributed by atoms with Crippen molar-refractivity contribution in [3.63, 3.8) is 0 Å². The molecule has 1 fully saturated rings. The second-order valence-electron chi connectivity index (χ2n) is 3.54. The fourth-order valence-electron chi connectivity index (χ4n) is 1.61. The van der Waals surface area contributed by atoms with E-state index in [1.165, 1.54) is 11.1 Å². The average Bonchev–Trinajstić information content (AvgIpc) is 2.20. The molecule has 0 bridgehead atoms. The maximum Gasteiger partial charge on any atom is 0.0620 e. The summed E-state index contributed by atoms with van der Waals surface area (Å²) in [5.41, 5.74) is 2.64. The van der Waals surface area contributed by atoms with Crippen molar-refractivity contribution in [2.45, 2.75) is 13.0 Å². The summed E-state index contributed by atoms with van der Waals surface area (Å²) in [6.07, 6.45) is 0. The third kappa shape index (κ3) is 2.08. The lowest BCUT2D eigenvalue weighted by Gasteiger charge is -2.23. The lowest BCUT2D eigenvalue weighted by atomic mass is 10.0. The number of aryl methyl sites for hydroxylation is 1. The monoisotopic (exact) mass is 175 g/mol. The summed E-state index contributed by atoms with van der Waals surface area (Å²) in [5, 5.41) is 7.92. The van der Waals surface area contributed by atoms with Gasteiger partial charge in [0.25, 0.3) is 0 Å². The predicted molar refractivity (Wildman–Crippen MR) is 53.8 cm³/mol. The molecule has 0 saturated carbocycles. The number of nitrogens with zero attached hydrogens (tertiary/aromatic N) is 1. The molecule has 1 unspecified atom stereocenters. The first-order valence-corrected chi connectivity index (χ1v) is 4.80. The number of benzene rings is 1. The molecule has 1 aromatic rings. The second kappa shape index (κ2) is 3.90. The fourth-order valence-corrected chi connectivity index (χ4v) is 1.61. The number of hydrogen-bond donors (Lipinski definition) is 1. The summed E-state index contributed by atoms with van der Waals surface area (Å²) in [6, 6.07) is 9.03. The zero-order chi connectivity index (χ0) is 9.10. The van der Waals surface area contributed by atoms with E-state index in [4.69, 9.17) is 0 Å². The van der Waals surface area contributed by atoms with Crippen LogP contribution in [0, 0.1) is 6.92 Å². The van der Waals surface area contributed by atoms with Crippen LogP contribution in [0.15, 0.2) is 24.3 Å². The van der Waals surface area contributed by atoms with Gasteiger partial charge in [-0.05, 0) is 12.5 Å². The number of piperazine rings is 1. The summed E-state index contributed by atoms with van der Waals surface area (Å²) in [7, 11) is 0. The van der Waals surface area contributed by atoms with Gasteiger partial charge in [-0.25, -0.2) is 5.32 Å². The van der Waals surface area contributed by atoms with Gasteiger partial charge in [0, 0.05) is 19.6 Å². The Morgan fingerprint density at radius 3 is 2.69 bits per heavy atom. The molecule has 1 saturated heterocycles. The van der Waals surface area contributed by atoms with E-state index in [0.717, 1.165) is 19.6 Å². The van der Waals surface area contributed by atoms with E-state index in [2.05, 4.69) is 41.8 Å². The van der Waals surface area contributed by atoms with Crippen LogP contribution in [-0.2, 0) is 0 Å². The Hall–Kier alpha value is -0.860. The lowest BCUT2D eigenvalue weighted by molar-refractivity contribution is 0.421. The van der Waals surface area contributed by atoms with Crippen LogP contribution in [0.25, 0.3) is 0 Å². The van der Waals surface area contributed by atoms with E-state index in [0.29, 0.717) is 6.04 Å². The van der Waals surface area contributed by atoms with Crippen LogP contribution in [0.3, 0.4) is 0 Å². The molecule has 0 amide bonds. The van der Waals surface area contributed by atoms with Crippen molar-refractivity contribution in [3.8, 4) is 0 Å². The van der Waals surface area contributed by atoms with Gasteiger partial charge in [-0.15, -0.1) is 0 Å². The van der Waals surface area contributed by atoms with Crippen LogP contribution in [0.4, 0.5) is 0 Å². The molecule has 1 aromatic carbocycles. The van der Waals surface area contributed by atoms with Gasteiger partial charge in [-0.2, -0.15) is 0 Å². The van der Waals surface area contributed by atoms with Crippen molar-refractivity contribution in [2.24, 2.45) is 0 Å². The SMILES string of the molecule is Cc1ccc(C2CNCC[N]2)cc1. The smallest absolute Gasteiger partial charge is 0.0620 e. The molecule has 1 radical (unpaired) electrons. The Labute approximate surface area is 79.4 Å². The van der Waals surface area contributed by atoms with Crippen LogP contribution >= 0.6 is 0 Å². The third-order valence-corrected chi connectivity index (χ3v) is 2.44. The molecule has 1 N–H and O–H groups in total. The summed E-state index contributed by atoms with van der Waals surface area (Å²) in [5.74, 6) is 0. The van der Waals surface area contributed by atoms with Gasteiger partial charge >= 0.3 is 0 Å². The quantitative estimate of drug-likeness (QED) is 0.683. The Kier molecular flexibility index (Phi) is 2.62. The van der Waals surface area contributed by atoms with Gasteiger partial charge in [0.2, 0.25) is 0 Å². The largest absolute Gasteiger partial charge is 0.313 e. The molecule has 1 aliphatic rings. The molecule has 2 rings (SSSR count). The molecule has 13 heavy (non-hydrogen) atoms. The molecule has 1 heterocycles. The van der Waals surface area contributed by atoms with Crippen molar-refractivity contribution in [3.05, 3.63) is 35.4 Å². The molecule has 0 aliphatic carbocycles. The van der Waals surface area contributed by atoms with Gasteiger partial charge in [-0.1, -0.05) is 29.8 Å². The molecule has 69 valence electrons. The van der Waals surface area contributed by atoms with E-state index in [9.17, 15) is 0 Å². The normalized spacial score (nSPS) is 23.0. The zero-order valence-corrected chi connectivity index (χ0v) is 7.96. The highest BCUT2D eigenvalue weighted by Crippen LogP contribution is 2.15. The Balaban J connectivity index is 2.10. The first-order chi connectivity index (χ1) is 6.36. The first kappa shape index (κ1) is 8.73. The standard InChI is InChI=1S/C11H15N2/c1-9-2-4-10(5-3-9)11-8-12-6-7-13-11/h2-5,11-12H,6-8H2,1H3. The van der Waals surface area contributed by atoms with Gasteiger partial charge in [0.15, 0.2) is 0 Å². The van der Waals surface area contributed by atoms with Crippen molar-refractivity contribution in [1.29, 1.82) is 0 Å². The highest BCUT2D eigenvalue weighted by atomic mass is 15.1. The summed E-state index contributed by atoms with van der Waals surface area (Å²) in [6.45, 7) is 5.07. The van der Waals surface area contributed by atoms with Crippen molar-refractivity contribution in [1.82, 2.24) is 10.6 Å². The van der Waals surface area contributed by atoms with E-state index >= 15 is 0 Å². The highest BCUT2D eigenvalue weighted by Gasteiger charge is 2.14. The van der Waals surface area contributed by atoms with Gasteiger partial charge in [0.05, 0.1) is 6.04 Å². The third-order valence-electron chi connectivity index (χ3n) is 2.44. The zero-order valence-electron chi connectivity index (χ0n) is 7.96. The molecular formula is C11H15N2. The van der Waals surface area contributed by atoms with Crippen LogP contribution in [0.2, 0.25) is 0 Å². The molecule has 2 heteroatoms. The average molecular weight is 175 g/mol. The van der Waals surface area contributed by atoms with Gasteiger partial charge in [0.1, 0.15) is 0 Å². The van der Waals surface area contributed by atoms with E-state index < -0.39 is 0 Å². The van der Waals surface area contributed by atoms with Gasteiger partial charge in [-0.3, -0.25) is 0 Å². The van der Waals surface area contributed by atoms with Crippen molar-refractivity contribution >= 4 is 0 Å². The number of rotatable bonds is 1. The highest BCUT2D eigenvalue weighted by molar-refractivity contribution is 5.24. The summed E-state index contributed by atoms with van der Waals surface area (Å²) >= 11 is 0. The van der Waals surface area contributed by atoms with Crippen LogP contribution < -0.4 is 10.6 Å². The Morgan fingerprint density at radius 2 is 2.08 bits per heavy atom.